The maximum Gasteiger partial charge on any atom is 0.153 e. The summed E-state index contributed by atoms with van der Waals surface area (Å²) in [5, 5.41) is 3.67. The summed E-state index contributed by atoms with van der Waals surface area (Å²) in [4.78, 5) is 20.5. The molecular weight excluding hydrogens is 132 g/mol. The first kappa shape index (κ1) is 9.07. The molecule has 0 bridgehead atoms. The molecule has 0 spiro atoms. The second-order valence-corrected chi connectivity index (χ2v) is 2.19. The van der Waals surface area contributed by atoms with E-state index in [1.807, 2.05) is 6.92 Å². The Hall–Kier alpha value is -0.930. The summed E-state index contributed by atoms with van der Waals surface area (Å²) < 4.78 is 0. The van der Waals surface area contributed by atoms with Crippen molar-refractivity contribution in [1.82, 2.24) is 5.01 Å². The minimum atomic E-state index is 0.0598. The Morgan fingerprint density at radius 2 is 2.20 bits per heavy atom. The van der Waals surface area contributed by atoms with Crippen LogP contribution in [0.3, 0.4) is 0 Å². The summed E-state index contributed by atoms with van der Waals surface area (Å²) in [5.74, 6) is 0.0598. The molecule has 10 heavy (non-hydrogen) atoms. The zero-order valence-corrected chi connectivity index (χ0v) is 6.33. The number of likely N-dealkylation sites (N-methyl/N-ethyl adjacent to an activating group) is 1. The fourth-order valence-electron chi connectivity index (χ4n) is 0.642. The second kappa shape index (κ2) is 4.90. The molecule has 0 aliphatic carbocycles. The summed E-state index contributed by atoms with van der Waals surface area (Å²) >= 11 is 0. The third kappa shape index (κ3) is 4.00. The van der Waals surface area contributed by atoms with Crippen LogP contribution in [0.15, 0.2) is 5.29 Å². The molecule has 4 heteroatoms. The molecule has 0 aromatic carbocycles. The number of nitrogens with zero attached hydrogens (tertiary/aromatic N) is 2. The standard InChI is InChI=1S/C6H12N2O2/c1-3-4-6(9)5-8(2)7-10/h3-5H2,1-2H3. The summed E-state index contributed by atoms with van der Waals surface area (Å²) in [6.07, 6.45) is 1.35. The van der Waals surface area contributed by atoms with Crippen LogP contribution in [0, 0.1) is 4.91 Å². The van der Waals surface area contributed by atoms with E-state index in [-0.39, 0.29) is 12.3 Å². The molecule has 0 radical (unpaired) electrons. The van der Waals surface area contributed by atoms with E-state index in [1.165, 1.54) is 7.05 Å². The van der Waals surface area contributed by atoms with E-state index in [0.717, 1.165) is 11.4 Å². The Bertz CT molecular complexity index is 125. The molecule has 0 aromatic rings. The smallest absolute Gasteiger partial charge is 0.153 e. The predicted octanol–water partition coefficient (Wildman–Crippen LogP) is 0.969. The molecule has 0 atom stereocenters. The maximum absolute atomic E-state index is 10.8. The van der Waals surface area contributed by atoms with E-state index in [4.69, 9.17) is 0 Å². The number of hydrogen-bond acceptors (Lipinski definition) is 3. The van der Waals surface area contributed by atoms with Crippen LogP contribution < -0.4 is 0 Å². The van der Waals surface area contributed by atoms with E-state index in [1.54, 1.807) is 0 Å². The van der Waals surface area contributed by atoms with Gasteiger partial charge in [-0.15, -0.1) is 4.91 Å². The van der Waals surface area contributed by atoms with Gasteiger partial charge in [-0.1, -0.05) is 6.92 Å². The highest BCUT2D eigenvalue weighted by molar-refractivity contribution is 5.80. The van der Waals surface area contributed by atoms with Gasteiger partial charge >= 0.3 is 0 Å². The highest BCUT2D eigenvalue weighted by Gasteiger charge is 2.02. The van der Waals surface area contributed by atoms with Crippen LogP contribution in [0.2, 0.25) is 0 Å². The van der Waals surface area contributed by atoms with Crippen molar-refractivity contribution < 1.29 is 4.79 Å². The maximum atomic E-state index is 10.8. The number of carbonyl (C=O) groups excluding carboxylic acids is 1. The Kier molecular flexibility index (Phi) is 4.45. The molecule has 0 unspecified atom stereocenters. The minimum absolute atomic E-state index is 0.0598. The van der Waals surface area contributed by atoms with Crippen molar-refractivity contribution in [3.8, 4) is 0 Å². The highest BCUT2D eigenvalue weighted by atomic mass is 16.3. The van der Waals surface area contributed by atoms with Crippen LogP contribution >= 0.6 is 0 Å². The van der Waals surface area contributed by atoms with E-state index < -0.39 is 0 Å². The lowest BCUT2D eigenvalue weighted by Crippen LogP contribution is -2.19. The second-order valence-electron chi connectivity index (χ2n) is 2.19. The fourth-order valence-corrected chi connectivity index (χ4v) is 0.642. The van der Waals surface area contributed by atoms with Gasteiger partial charge in [0.25, 0.3) is 0 Å². The van der Waals surface area contributed by atoms with Gasteiger partial charge in [0.2, 0.25) is 0 Å². The minimum Gasteiger partial charge on any atom is -0.298 e. The Labute approximate surface area is 60.2 Å². The quantitative estimate of drug-likeness (QED) is 0.426. The van der Waals surface area contributed by atoms with E-state index in [9.17, 15) is 9.70 Å². The molecule has 0 saturated heterocycles. The third-order valence-corrected chi connectivity index (χ3v) is 1.07. The number of hydrogen-bond donors (Lipinski definition) is 0. The van der Waals surface area contributed by atoms with Crippen LogP contribution in [0.1, 0.15) is 19.8 Å². The monoisotopic (exact) mass is 144 g/mol. The molecule has 0 fully saturated rings. The van der Waals surface area contributed by atoms with Gasteiger partial charge < -0.3 is 0 Å². The van der Waals surface area contributed by atoms with E-state index in [2.05, 4.69) is 5.29 Å². The normalized spacial score (nSPS) is 9.00. The Morgan fingerprint density at radius 1 is 1.60 bits per heavy atom. The van der Waals surface area contributed by atoms with Crippen molar-refractivity contribution in [2.75, 3.05) is 13.6 Å². The number of rotatable bonds is 5. The Morgan fingerprint density at radius 3 is 2.60 bits per heavy atom. The first-order valence-corrected chi connectivity index (χ1v) is 3.26. The molecule has 0 saturated carbocycles. The first-order chi connectivity index (χ1) is 4.70. The van der Waals surface area contributed by atoms with Gasteiger partial charge in [-0.2, -0.15) is 0 Å². The van der Waals surface area contributed by atoms with Crippen molar-refractivity contribution >= 4 is 5.78 Å². The van der Waals surface area contributed by atoms with Gasteiger partial charge in [0.15, 0.2) is 5.78 Å². The summed E-state index contributed by atoms with van der Waals surface area (Å²) in [5.41, 5.74) is 0. The molecular formula is C6H12N2O2. The van der Waals surface area contributed by atoms with Gasteiger partial charge in [0.1, 0.15) is 0 Å². The van der Waals surface area contributed by atoms with Crippen molar-refractivity contribution in [3.05, 3.63) is 4.91 Å². The molecule has 0 aromatic heterocycles. The van der Waals surface area contributed by atoms with Crippen molar-refractivity contribution in [2.45, 2.75) is 19.8 Å². The van der Waals surface area contributed by atoms with Crippen molar-refractivity contribution in [2.24, 2.45) is 5.29 Å². The van der Waals surface area contributed by atoms with Gasteiger partial charge in [-0.05, 0) is 6.42 Å². The number of ketones is 1. The predicted molar refractivity (Wildman–Crippen MR) is 38.3 cm³/mol. The third-order valence-electron chi connectivity index (χ3n) is 1.07. The zero-order chi connectivity index (χ0) is 7.98. The Balaban J connectivity index is 3.46. The van der Waals surface area contributed by atoms with Crippen LogP contribution in [0.25, 0.3) is 0 Å². The van der Waals surface area contributed by atoms with Crippen LogP contribution in [0.4, 0.5) is 0 Å². The van der Waals surface area contributed by atoms with Crippen LogP contribution in [-0.2, 0) is 4.79 Å². The first-order valence-electron chi connectivity index (χ1n) is 3.26. The number of Topliss-reactive ketones (excluding diaryl/α,β-unsaturated/α-hetero) is 1. The van der Waals surface area contributed by atoms with Crippen molar-refractivity contribution in [1.29, 1.82) is 0 Å². The molecule has 0 heterocycles. The SMILES string of the molecule is CCCC(=O)CN(C)N=O. The van der Waals surface area contributed by atoms with Crippen molar-refractivity contribution in [3.63, 3.8) is 0 Å². The largest absolute Gasteiger partial charge is 0.298 e. The lowest BCUT2D eigenvalue weighted by atomic mass is 10.2. The van der Waals surface area contributed by atoms with E-state index >= 15 is 0 Å². The molecule has 0 amide bonds. The number of carbonyl (C=O) groups is 1. The van der Waals surface area contributed by atoms with Gasteiger partial charge in [-0.3, -0.25) is 9.80 Å². The van der Waals surface area contributed by atoms with Crippen LogP contribution in [0.5, 0.6) is 0 Å². The topological polar surface area (TPSA) is 49.7 Å². The highest BCUT2D eigenvalue weighted by Crippen LogP contribution is 1.91. The molecule has 0 aliphatic heterocycles. The lowest BCUT2D eigenvalue weighted by molar-refractivity contribution is -0.119. The average Bonchev–Trinajstić information content (AvgIpc) is 1.88. The average molecular weight is 144 g/mol. The summed E-state index contributed by atoms with van der Waals surface area (Å²) in [6, 6.07) is 0. The molecule has 0 aliphatic rings. The number of nitroso groups, excluding NO2 is 1. The summed E-state index contributed by atoms with van der Waals surface area (Å²) in [6.45, 7) is 2.06. The van der Waals surface area contributed by atoms with E-state index in [0.29, 0.717) is 6.42 Å². The van der Waals surface area contributed by atoms with Crippen LogP contribution in [-0.4, -0.2) is 24.4 Å². The zero-order valence-electron chi connectivity index (χ0n) is 6.33. The molecule has 4 nitrogen and oxygen atoms in total. The molecule has 0 N–H and O–H groups in total. The van der Waals surface area contributed by atoms with Gasteiger partial charge in [-0.25, -0.2) is 0 Å². The summed E-state index contributed by atoms with van der Waals surface area (Å²) in [7, 11) is 1.49. The van der Waals surface area contributed by atoms with Gasteiger partial charge in [0, 0.05) is 13.5 Å². The lowest BCUT2D eigenvalue weighted by Gasteiger charge is -2.05. The van der Waals surface area contributed by atoms with Gasteiger partial charge in [0.05, 0.1) is 11.8 Å². The molecule has 58 valence electrons. The molecule has 0 rings (SSSR count). The fraction of sp³-hybridized carbons (Fsp3) is 0.833.